The molecule has 6 nitrogen and oxygen atoms in total. The Kier molecular flexibility index (Phi) is 6.32. The lowest BCUT2D eigenvalue weighted by Gasteiger charge is -2.32. The molecule has 2 aromatic heterocycles. The number of rotatable bonds is 4. The van der Waals surface area contributed by atoms with Crippen molar-refractivity contribution in [2.75, 3.05) is 10.6 Å². The fraction of sp³-hybridized carbons (Fsp3) is 0.522. The largest absolute Gasteiger partial charge is 0.369 e. The number of hydrogen-bond acceptors (Lipinski definition) is 7. The Hall–Kier alpha value is -2.01. The van der Waals surface area contributed by atoms with Crippen LogP contribution in [0.15, 0.2) is 0 Å². The van der Waals surface area contributed by atoms with Gasteiger partial charge in [0, 0.05) is 22.6 Å². The van der Waals surface area contributed by atoms with Crippen molar-refractivity contribution < 1.29 is 9.47 Å². The number of nitriles is 2. The molecule has 0 fully saturated rings. The second-order valence-corrected chi connectivity index (χ2v) is 11.4. The monoisotopic (exact) mass is 486 g/mol. The summed E-state index contributed by atoms with van der Waals surface area (Å²) in [4.78, 5) is 2.14. The highest BCUT2D eigenvalue weighted by Gasteiger charge is 2.35. The third-order valence-electron chi connectivity index (χ3n) is 6.56. The maximum Gasteiger partial charge on any atom is 0.176 e. The molecule has 9 heteroatoms. The zero-order valence-electron chi connectivity index (χ0n) is 18.7. The third kappa shape index (κ3) is 4.16. The van der Waals surface area contributed by atoms with Gasteiger partial charge in [0.15, 0.2) is 5.11 Å². The van der Waals surface area contributed by atoms with Gasteiger partial charge in [0.25, 0.3) is 0 Å². The summed E-state index contributed by atoms with van der Waals surface area (Å²) < 4.78 is 12.1. The van der Waals surface area contributed by atoms with Crippen LogP contribution in [0.4, 0.5) is 10.0 Å². The minimum atomic E-state index is -0.248. The molecule has 0 spiro atoms. The van der Waals surface area contributed by atoms with Crippen molar-refractivity contribution in [3.8, 4) is 12.1 Å². The summed E-state index contributed by atoms with van der Waals surface area (Å²) in [6, 6.07) is 4.70. The second-order valence-electron chi connectivity index (χ2n) is 8.76. The molecule has 2 atom stereocenters. The summed E-state index contributed by atoms with van der Waals surface area (Å²) in [6.45, 7) is 9.39. The molecule has 168 valence electrons. The van der Waals surface area contributed by atoms with Crippen LogP contribution in [0, 0.1) is 22.7 Å². The number of nitrogens with zero attached hydrogens (tertiary/aromatic N) is 2. The molecule has 0 aromatic carbocycles. The summed E-state index contributed by atoms with van der Waals surface area (Å²) in [6.07, 6.45) is 3.20. The van der Waals surface area contributed by atoms with Crippen molar-refractivity contribution in [2.24, 2.45) is 0 Å². The van der Waals surface area contributed by atoms with Gasteiger partial charge in [0.1, 0.15) is 22.1 Å². The quantitative estimate of drug-likeness (QED) is 0.524. The van der Waals surface area contributed by atoms with E-state index in [2.05, 4.69) is 50.5 Å². The molecule has 2 N–H and O–H groups in total. The minimum absolute atomic E-state index is 0.248. The van der Waals surface area contributed by atoms with E-state index in [4.69, 9.17) is 21.7 Å². The highest BCUT2D eigenvalue weighted by atomic mass is 32.1. The van der Waals surface area contributed by atoms with E-state index in [-0.39, 0.29) is 11.2 Å². The van der Waals surface area contributed by atoms with Crippen LogP contribution in [0.3, 0.4) is 0 Å². The maximum absolute atomic E-state index is 9.83. The van der Waals surface area contributed by atoms with E-state index in [0.29, 0.717) is 42.3 Å². The van der Waals surface area contributed by atoms with Crippen LogP contribution in [-0.2, 0) is 35.5 Å². The molecule has 0 amide bonds. The van der Waals surface area contributed by atoms with Gasteiger partial charge < -0.3 is 20.1 Å². The summed E-state index contributed by atoms with van der Waals surface area (Å²) in [5.41, 5.74) is 2.88. The Labute approximate surface area is 202 Å². The molecule has 32 heavy (non-hydrogen) atoms. The van der Waals surface area contributed by atoms with Crippen LogP contribution in [0.5, 0.6) is 0 Å². The van der Waals surface area contributed by atoms with Gasteiger partial charge in [-0.1, -0.05) is 13.8 Å². The first-order valence-electron chi connectivity index (χ1n) is 10.7. The molecule has 4 heterocycles. The third-order valence-corrected chi connectivity index (χ3v) is 9.01. The molecule has 0 aliphatic carbocycles. The number of ether oxygens (including phenoxy) is 2. The van der Waals surface area contributed by atoms with Crippen molar-refractivity contribution in [1.29, 1.82) is 10.5 Å². The number of fused-ring (bicyclic) bond motifs is 2. The first kappa shape index (κ1) is 23.2. The first-order valence-corrected chi connectivity index (χ1v) is 12.7. The minimum Gasteiger partial charge on any atom is -0.369 e. The maximum atomic E-state index is 9.83. The van der Waals surface area contributed by atoms with E-state index < -0.39 is 0 Å². The van der Waals surface area contributed by atoms with Gasteiger partial charge in [-0.3, -0.25) is 0 Å². The molecule has 0 unspecified atom stereocenters. The van der Waals surface area contributed by atoms with Gasteiger partial charge in [-0.05, 0) is 50.0 Å². The summed E-state index contributed by atoms with van der Waals surface area (Å²) in [5.74, 6) is 0. The summed E-state index contributed by atoms with van der Waals surface area (Å²) in [7, 11) is 0. The van der Waals surface area contributed by atoms with E-state index in [1.54, 1.807) is 0 Å². The van der Waals surface area contributed by atoms with E-state index in [0.717, 1.165) is 43.7 Å². The van der Waals surface area contributed by atoms with Gasteiger partial charge in [0.2, 0.25) is 0 Å². The fourth-order valence-corrected chi connectivity index (χ4v) is 6.57. The molecule has 0 bridgehead atoms. The van der Waals surface area contributed by atoms with Crippen molar-refractivity contribution in [2.45, 2.75) is 77.8 Å². The highest BCUT2D eigenvalue weighted by Crippen LogP contribution is 2.43. The lowest BCUT2D eigenvalue weighted by molar-refractivity contribution is -0.0549. The molecular weight excluding hydrogens is 460 g/mol. The number of anilines is 2. The number of nitrogens with one attached hydrogen (secondary N) is 2. The van der Waals surface area contributed by atoms with Crippen molar-refractivity contribution in [3.63, 3.8) is 0 Å². The summed E-state index contributed by atoms with van der Waals surface area (Å²) >= 11 is 8.58. The normalized spacial score (nSPS) is 24.1. The summed E-state index contributed by atoms with van der Waals surface area (Å²) in [5, 5.41) is 27.9. The number of thiophene rings is 2. The first-order chi connectivity index (χ1) is 15.2. The average molecular weight is 487 g/mol. The van der Waals surface area contributed by atoms with Gasteiger partial charge >= 0.3 is 0 Å². The zero-order chi connectivity index (χ0) is 23.1. The molecule has 0 saturated carbocycles. The lowest BCUT2D eigenvalue weighted by Crippen LogP contribution is -2.34. The van der Waals surface area contributed by atoms with E-state index in [1.807, 2.05) is 0 Å². The number of hydrogen-bond donors (Lipinski definition) is 2. The van der Waals surface area contributed by atoms with Crippen molar-refractivity contribution in [1.82, 2.24) is 0 Å². The number of thiocarbonyl (C=S) groups is 1. The molecule has 2 aromatic rings. The van der Waals surface area contributed by atoms with Crippen LogP contribution in [0.25, 0.3) is 0 Å². The topological polar surface area (TPSA) is 90.1 Å². The molecule has 4 rings (SSSR count). The smallest absolute Gasteiger partial charge is 0.176 e. The molecule has 2 aliphatic heterocycles. The van der Waals surface area contributed by atoms with E-state index >= 15 is 0 Å². The van der Waals surface area contributed by atoms with Gasteiger partial charge in [-0.2, -0.15) is 10.5 Å². The van der Waals surface area contributed by atoms with Crippen LogP contribution in [0.1, 0.15) is 72.5 Å². The van der Waals surface area contributed by atoms with Gasteiger partial charge in [-0.25, -0.2) is 0 Å². The Morgan fingerprint density at radius 2 is 1.31 bits per heavy atom. The van der Waals surface area contributed by atoms with Crippen molar-refractivity contribution >= 4 is 50.0 Å². The highest BCUT2D eigenvalue weighted by molar-refractivity contribution is 7.80. The molecule has 0 radical (unpaired) electrons. The SMILES string of the molecule is CC[C@@]1(C)Cc2c(sc(NC(=S)Nc3sc4c(c3C#N)C[C@@](C)(CC)OC4)c2C#N)CO1. The standard InChI is InChI=1S/C23H26N4O2S3/c1-5-22(3)7-13-15(9-24)19(31-17(13)11-28-22)26-21(30)27-20-16(10-25)14-8-23(4,6-2)29-12-18(14)32-20/h5-8,11-12H2,1-4H3,(H2,26,27,30)/t22-,23+. The second kappa shape index (κ2) is 8.74. The van der Waals surface area contributed by atoms with Crippen molar-refractivity contribution in [3.05, 3.63) is 32.0 Å². The molecule has 2 aliphatic rings. The van der Waals surface area contributed by atoms with E-state index in [1.165, 1.54) is 22.7 Å². The lowest BCUT2D eigenvalue weighted by atomic mass is 9.90. The Morgan fingerprint density at radius 1 is 0.906 bits per heavy atom. The van der Waals surface area contributed by atoms with Gasteiger partial charge in [0.05, 0.1) is 35.5 Å². The Bertz CT molecular complexity index is 1070. The predicted molar refractivity (Wildman–Crippen MR) is 132 cm³/mol. The Balaban J connectivity index is 1.55. The van der Waals surface area contributed by atoms with E-state index in [9.17, 15) is 10.5 Å². The van der Waals surface area contributed by atoms with Crippen LogP contribution in [-0.4, -0.2) is 16.3 Å². The van der Waals surface area contributed by atoms with Crippen LogP contribution >= 0.6 is 34.9 Å². The fourth-order valence-electron chi connectivity index (χ4n) is 4.07. The average Bonchev–Trinajstić information content (AvgIpc) is 3.28. The zero-order valence-corrected chi connectivity index (χ0v) is 21.1. The van der Waals surface area contributed by atoms with Crippen LogP contribution < -0.4 is 10.6 Å². The van der Waals surface area contributed by atoms with Gasteiger partial charge in [-0.15, -0.1) is 22.7 Å². The molecule has 0 saturated heterocycles. The Morgan fingerprint density at radius 3 is 1.66 bits per heavy atom. The van der Waals surface area contributed by atoms with Crippen LogP contribution in [0.2, 0.25) is 0 Å². The predicted octanol–water partition coefficient (Wildman–Crippen LogP) is 5.84. The molecular formula is C23H26N4O2S3.